The smallest absolute Gasteiger partial charge is 0.321 e. The van der Waals surface area contributed by atoms with Crippen LogP contribution in [0.4, 0.5) is 10.5 Å². The van der Waals surface area contributed by atoms with Crippen LogP contribution in [0.1, 0.15) is 31.2 Å². The SMILES string of the molecule is CNCC1CCN(C(=O)C2CCCN(C(=O)Nc3cccc(C)c3)C2)CC1. The molecule has 0 saturated carbocycles. The number of hydrogen-bond acceptors (Lipinski definition) is 3. The quantitative estimate of drug-likeness (QED) is 0.854. The van der Waals surface area contributed by atoms with Gasteiger partial charge in [-0.25, -0.2) is 4.79 Å². The van der Waals surface area contributed by atoms with E-state index >= 15 is 0 Å². The van der Waals surface area contributed by atoms with Crippen molar-refractivity contribution in [2.45, 2.75) is 32.6 Å². The maximum atomic E-state index is 12.9. The van der Waals surface area contributed by atoms with Crippen molar-refractivity contribution in [3.8, 4) is 0 Å². The molecule has 2 saturated heterocycles. The van der Waals surface area contributed by atoms with E-state index in [1.165, 1.54) is 0 Å². The van der Waals surface area contributed by atoms with Crippen molar-refractivity contribution >= 4 is 17.6 Å². The summed E-state index contributed by atoms with van der Waals surface area (Å²) in [7, 11) is 1.98. The Labute approximate surface area is 162 Å². The van der Waals surface area contributed by atoms with Gasteiger partial charge in [-0.1, -0.05) is 12.1 Å². The van der Waals surface area contributed by atoms with E-state index in [9.17, 15) is 9.59 Å². The summed E-state index contributed by atoms with van der Waals surface area (Å²) in [6, 6.07) is 7.69. The first kappa shape index (κ1) is 19.7. The Morgan fingerprint density at radius 3 is 2.59 bits per heavy atom. The van der Waals surface area contributed by atoms with E-state index in [0.29, 0.717) is 19.0 Å². The number of benzene rings is 1. The van der Waals surface area contributed by atoms with Gasteiger partial charge < -0.3 is 20.4 Å². The van der Waals surface area contributed by atoms with Gasteiger partial charge in [0.25, 0.3) is 0 Å². The van der Waals surface area contributed by atoms with Crippen LogP contribution >= 0.6 is 0 Å². The molecule has 27 heavy (non-hydrogen) atoms. The maximum Gasteiger partial charge on any atom is 0.321 e. The average molecular weight is 373 g/mol. The predicted octanol–water partition coefficient (Wildman–Crippen LogP) is 2.70. The normalized spacial score (nSPS) is 21.2. The summed E-state index contributed by atoms with van der Waals surface area (Å²) in [6.07, 6.45) is 3.89. The molecular weight excluding hydrogens is 340 g/mol. The average Bonchev–Trinajstić information content (AvgIpc) is 2.68. The number of urea groups is 1. The van der Waals surface area contributed by atoms with Crippen LogP contribution in [-0.2, 0) is 4.79 Å². The number of rotatable bonds is 4. The Hall–Kier alpha value is -2.08. The van der Waals surface area contributed by atoms with Gasteiger partial charge in [0.2, 0.25) is 5.91 Å². The first-order chi connectivity index (χ1) is 13.1. The molecule has 1 aromatic rings. The van der Waals surface area contributed by atoms with Crippen LogP contribution in [0, 0.1) is 18.8 Å². The molecule has 148 valence electrons. The molecule has 0 aromatic heterocycles. The summed E-state index contributed by atoms with van der Waals surface area (Å²) in [4.78, 5) is 29.4. The van der Waals surface area contributed by atoms with Crippen molar-refractivity contribution in [2.75, 3.05) is 45.1 Å². The van der Waals surface area contributed by atoms with E-state index in [4.69, 9.17) is 0 Å². The van der Waals surface area contributed by atoms with Crippen molar-refractivity contribution in [1.29, 1.82) is 0 Å². The fraction of sp³-hybridized carbons (Fsp3) is 0.619. The lowest BCUT2D eigenvalue weighted by Crippen LogP contribution is -2.49. The third kappa shape index (κ3) is 5.22. The monoisotopic (exact) mass is 372 g/mol. The lowest BCUT2D eigenvalue weighted by atomic mass is 9.93. The lowest BCUT2D eigenvalue weighted by molar-refractivity contribution is -0.138. The van der Waals surface area contributed by atoms with Gasteiger partial charge in [-0.2, -0.15) is 0 Å². The standard InChI is InChI=1S/C21H32N4O2/c1-16-5-3-7-19(13-16)23-21(27)25-10-4-6-18(15-25)20(26)24-11-8-17(9-12-24)14-22-2/h3,5,7,13,17-18,22H,4,6,8-12,14-15H2,1-2H3,(H,23,27). The summed E-state index contributed by atoms with van der Waals surface area (Å²) >= 11 is 0. The van der Waals surface area contributed by atoms with Gasteiger partial charge >= 0.3 is 6.03 Å². The van der Waals surface area contributed by atoms with Crippen LogP contribution in [-0.4, -0.2) is 61.5 Å². The van der Waals surface area contributed by atoms with Crippen LogP contribution in [0.25, 0.3) is 0 Å². The zero-order valence-corrected chi connectivity index (χ0v) is 16.5. The summed E-state index contributed by atoms with van der Waals surface area (Å²) in [5.74, 6) is 0.829. The van der Waals surface area contributed by atoms with E-state index in [2.05, 4.69) is 10.6 Å². The first-order valence-corrected chi connectivity index (χ1v) is 10.1. The number of nitrogens with one attached hydrogen (secondary N) is 2. The second kappa shape index (κ2) is 9.22. The molecule has 0 spiro atoms. The maximum absolute atomic E-state index is 12.9. The fourth-order valence-electron chi connectivity index (χ4n) is 4.19. The molecule has 0 radical (unpaired) electrons. The van der Waals surface area contributed by atoms with Crippen LogP contribution in [0.3, 0.4) is 0 Å². The number of carbonyl (C=O) groups is 2. The highest BCUT2D eigenvalue weighted by molar-refractivity contribution is 5.90. The van der Waals surface area contributed by atoms with Gasteiger partial charge in [0.15, 0.2) is 0 Å². The summed E-state index contributed by atoms with van der Waals surface area (Å²) in [5, 5.41) is 6.20. The topological polar surface area (TPSA) is 64.7 Å². The van der Waals surface area contributed by atoms with E-state index < -0.39 is 0 Å². The molecule has 6 nitrogen and oxygen atoms in total. The largest absolute Gasteiger partial charge is 0.342 e. The molecule has 2 aliphatic heterocycles. The number of aryl methyl sites for hydroxylation is 1. The van der Waals surface area contributed by atoms with Gasteiger partial charge in [-0.05, 0) is 69.8 Å². The molecule has 2 heterocycles. The van der Waals surface area contributed by atoms with Gasteiger partial charge in [-0.15, -0.1) is 0 Å². The van der Waals surface area contributed by atoms with Gasteiger partial charge in [-0.3, -0.25) is 4.79 Å². The minimum Gasteiger partial charge on any atom is -0.342 e. The number of likely N-dealkylation sites (tertiary alicyclic amines) is 2. The second-order valence-corrected chi connectivity index (χ2v) is 7.91. The molecule has 3 amide bonds. The third-order valence-corrected chi connectivity index (χ3v) is 5.75. The first-order valence-electron chi connectivity index (χ1n) is 10.1. The molecular formula is C21H32N4O2. The number of hydrogen-bond donors (Lipinski definition) is 2. The van der Waals surface area contributed by atoms with Crippen LogP contribution < -0.4 is 10.6 Å². The van der Waals surface area contributed by atoms with Crippen molar-refractivity contribution < 1.29 is 9.59 Å². The predicted molar refractivity (Wildman–Crippen MR) is 108 cm³/mol. The van der Waals surface area contributed by atoms with Crippen molar-refractivity contribution in [1.82, 2.24) is 15.1 Å². The molecule has 0 bridgehead atoms. The van der Waals surface area contributed by atoms with E-state index in [-0.39, 0.29) is 17.9 Å². The van der Waals surface area contributed by atoms with Crippen LogP contribution in [0.15, 0.2) is 24.3 Å². The Balaban J connectivity index is 1.52. The zero-order valence-electron chi connectivity index (χ0n) is 16.5. The van der Waals surface area contributed by atoms with Gasteiger partial charge in [0.05, 0.1) is 5.92 Å². The number of anilines is 1. The van der Waals surface area contributed by atoms with Gasteiger partial charge in [0, 0.05) is 31.9 Å². The third-order valence-electron chi connectivity index (χ3n) is 5.75. The molecule has 3 rings (SSSR count). The Morgan fingerprint density at radius 1 is 1.11 bits per heavy atom. The second-order valence-electron chi connectivity index (χ2n) is 7.91. The van der Waals surface area contributed by atoms with Crippen molar-refractivity contribution in [2.24, 2.45) is 11.8 Å². The molecule has 2 N–H and O–H groups in total. The number of nitrogens with zero attached hydrogens (tertiary/aromatic N) is 2. The minimum atomic E-state index is -0.106. The molecule has 2 fully saturated rings. The van der Waals surface area contributed by atoms with Crippen LogP contribution in [0.2, 0.25) is 0 Å². The number of amides is 3. The zero-order chi connectivity index (χ0) is 19.2. The van der Waals surface area contributed by atoms with E-state index in [0.717, 1.165) is 56.6 Å². The minimum absolute atomic E-state index is 0.0668. The molecule has 1 unspecified atom stereocenters. The van der Waals surface area contributed by atoms with E-state index in [1.807, 2.05) is 43.1 Å². The Kier molecular flexibility index (Phi) is 6.72. The summed E-state index contributed by atoms with van der Waals surface area (Å²) in [5.41, 5.74) is 1.92. The Bertz CT molecular complexity index is 655. The van der Waals surface area contributed by atoms with Crippen molar-refractivity contribution in [3.63, 3.8) is 0 Å². The molecule has 1 aromatic carbocycles. The molecule has 2 aliphatic rings. The highest BCUT2D eigenvalue weighted by Gasteiger charge is 2.32. The molecule has 0 aliphatic carbocycles. The van der Waals surface area contributed by atoms with Crippen LogP contribution in [0.5, 0.6) is 0 Å². The highest BCUT2D eigenvalue weighted by atomic mass is 16.2. The highest BCUT2D eigenvalue weighted by Crippen LogP contribution is 2.23. The van der Waals surface area contributed by atoms with Gasteiger partial charge in [0.1, 0.15) is 0 Å². The van der Waals surface area contributed by atoms with E-state index in [1.54, 1.807) is 4.90 Å². The summed E-state index contributed by atoms with van der Waals surface area (Å²) in [6.45, 7) is 5.95. The summed E-state index contributed by atoms with van der Waals surface area (Å²) < 4.78 is 0. The fourth-order valence-corrected chi connectivity index (χ4v) is 4.19. The molecule has 1 atom stereocenters. The number of piperidine rings is 2. The number of carbonyl (C=O) groups excluding carboxylic acids is 2. The Morgan fingerprint density at radius 2 is 1.89 bits per heavy atom. The molecule has 6 heteroatoms. The van der Waals surface area contributed by atoms with Crippen molar-refractivity contribution in [3.05, 3.63) is 29.8 Å². The lowest BCUT2D eigenvalue weighted by Gasteiger charge is -2.37.